The maximum atomic E-state index is 12.5. The van der Waals surface area contributed by atoms with Crippen LogP contribution in [0.1, 0.15) is 35.1 Å². The average Bonchev–Trinajstić information content (AvgIpc) is 3.01. The molecule has 0 atom stereocenters. The Labute approximate surface area is 157 Å². The van der Waals surface area contributed by atoms with Crippen LogP contribution in [0.3, 0.4) is 0 Å². The number of nitrogens with two attached hydrogens (primary N) is 1. The quantitative estimate of drug-likeness (QED) is 0.411. The molecule has 0 amide bonds. The van der Waals surface area contributed by atoms with Crippen LogP contribution in [0.25, 0.3) is 0 Å². The van der Waals surface area contributed by atoms with Gasteiger partial charge in [-0.15, -0.1) is 24.0 Å². The van der Waals surface area contributed by atoms with Crippen LogP contribution in [-0.2, 0) is 19.4 Å². The van der Waals surface area contributed by atoms with Gasteiger partial charge in [-0.1, -0.05) is 30.3 Å². The number of fused-ring (bicyclic) bond motifs is 1. The molecular formula is C18H20F2IN3. The highest BCUT2D eigenvalue weighted by molar-refractivity contribution is 14.0. The number of guanidine groups is 1. The largest absolute Gasteiger partial charge is 0.370 e. The van der Waals surface area contributed by atoms with Gasteiger partial charge in [-0.2, -0.15) is 0 Å². The fraction of sp³-hybridized carbons (Fsp3) is 0.278. The van der Waals surface area contributed by atoms with Gasteiger partial charge in [-0.3, -0.25) is 0 Å². The SMILES string of the molecule is I.NC(=NCc1ccc(C(F)F)cc1)Nc1ccc2c(c1)CCC2. The number of nitrogens with one attached hydrogen (secondary N) is 1. The second-order valence-electron chi connectivity index (χ2n) is 5.71. The van der Waals surface area contributed by atoms with Gasteiger partial charge in [0.1, 0.15) is 0 Å². The summed E-state index contributed by atoms with van der Waals surface area (Å²) in [6.45, 7) is 0.354. The first-order valence-corrected chi connectivity index (χ1v) is 7.67. The lowest BCUT2D eigenvalue weighted by molar-refractivity contribution is 0.151. The van der Waals surface area contributed by atoms with Crippen molar-refractivity contribution >= 4 is 35.6 Å². The lowest BCUT2D eigenvalue weighted by Gasteiger charge is -2.08. The molecule has 0 unspecified atom stereocenters. The fourth-order valence-electron chi connectivity index (χ4n) is 2.78. The Kier molecular flexibility index (Phi) is 6.53. The first-order valence-electron chi connectivity index (χ1n) is 7.67. The number of rotatable bonds is 4. The van der Waals surface area contributed by atoms with E-state index >= 15 is 0 Å². The summed E-state index contributed by atoms with van der Waals surface area (Å²) >= 11 is 0. The molecular weight excluding hydrogens is 423 g/mol. The molecule has 3 N–H and O–H groups in total. The standard InChI is InChI=1S/C18H19F2N3.HI/c19-17(20)14-6-4-12(5-7-14)11-22-18(21)23-16-9-8-13-2-1-3-15(13)10-16;/h4-10,17H,1-3,11H2,(H3,21,22,23);1H. The first-order chi connectivity index (χ1) is 11.1. The average molecular weight is 443 g/mol. The van der Waals surface area contributed by atoms with Crippen LogP contribution in [0.5, 0.6) is 0 Å². The van der Waals surface area contributed by atoms with Gasteiger partial charge < -0.3 is 11.1 Å². The third-order valence-electron chi connectivity index (χ3n) is 4.03. The second-order valence-corrected chi connectivity index (χ2v) is 5.71. The van der Waals surface area contributed by atoms with Crippen LogP contribution in [0.15, 0.2) is 47.5 Å². The Morgan fingerprint density at radius 3 is 2.50 bits per heavy atom. The van der Waals surface area contributed by atoms with Gasteiger partial charge in [0.2, 0.25) is 0 Å². The molecule has 0 heterocycles. The van der Waals surface area contributed by atoms with E-state index in [1.807, 2.05) is 6.07 Å². The summed E-state index contributed by atoms with van der Waals surface area (Å²) in [5.41, 5.74) is 10.5. The molecule has 0 fully saturated rings. The first kappa shape index (κ1) is 18.6. The lowest BCUT2D eigenvalue weighted by atomic mass is 10.1. The predicted molar refractivity (Wildman–Crippen MR) is 104 cm³/mol. The summed E-state index contributed by atoms with van der Waals surface area (Å²) in [5, 5.41) is 3.08. The van der Waals surface area contributed by atoms with Gasteiger partial charge in [0.15, 0.2) is 5.96 Å². The molecule has 1 aliphatic carbocycles. The van der Waals surface area contributed by atoms with E-state index in [2.05, 4.69) is 22.4 Å². The summed E-state index contributed by atoms with van der Waals surface area (Å²) in [6, 6.07) is 12.4. The van der Waals surface area contributed by atoms with Crippen molar-refractivity contribution in [2.45, 2.75) is 32.2 Å². The van der Waals surface area contributed by atoms with Gasteiger partial charge in [0.05, 0.1) is 6.54 Å². The van der Waals surface area contributed by atoms with Gasteiger partial charge in [-0.25, -0.2) is 13.8 Å². The van der Waals surface area contributed by atoms with Crippen LogP contribution in [0.4, 0.5) is 14.5 Å². The number of hydrogen-bond acceptors (Lipinski definition) is 1. The van der Waals surface area contributed by atoms with E-state index in [1.54, 1.807) is 12.1 Å². The topological polar surface area (TPSA) is 50.4 Å². The minimum Gasteiger partial charge on any atom is -0.370 e. The molecule has 1 aliphatic rings. The van der Waals surface area contributed by atoms with E-state index in [-0.39, 0.29) is 29.5 Å². The summed E-state index contributed by atoms with van der Waals surface area (Å²) in [5.74, 6) is 0.320. The Balaban J connectivity index is 0.00000208. The van der Waals surface area contributed by atoms with E-state index in [0.29, 0.717) is 12.5 Å². The van der Waals surface area contributed by atoms with Crippen molar-refractivity contribution in [2.75, 3.05) is 5.32 Å². The normalized spacial score (nSPS) is 13.5. The van der Waals surface area contributed by atoms with Crippen LogP contribution < -0.4 is 11.1 Å². The molecule has 0 saturated carbocycles. The smallest absolute Gasteiger partial charge is 0.263 e. The van der Waals surface area contributed by atoms with Crippen molar-refractivity contribution < 1.29 is 8.78 Å². The number of anilines is 1. The highest BCUT2D eigenvalue weighted by Crippen LogP contribution is 2.24. The second kappa shape index (κ2) is 8.41. The third-order valence-corrected chi connectivity index (χ3v) is 4.03. The van der Waals surface area contributed by atoms with E-state index in [1.165, 1.54) is 29.7 Å². The third kappa shape index (κ3) is 4.66. The highest BCUT2D eigenvalue weighted by atomic mass is 127. The monoisotopic (exact) mass is 443 g/mol. The summed E-state index contributed by atoms with van der Waals surface area (Å²) < 4.78 is 25.0. The van der Waals surface area contributed by atoms with Crippen LogP contribution in [0.2, 0.25) is 0 Å². The van der Waals surface area contributed by atoms with Gasteiger partial charge >= 0.3 is 0 Å². The van der Waals surface area contributed by atoms with E-state index in [4.69, 9.17) is 5.73 Å². The van der Waals surface area contributed by atoms with Crippen LogP contribution in [-0.4, -0.2) is 5.96 Å². The summed E-state index contributed by atoms with van der Waals surface area (Å²) in [7, 11) is 0. The summed E-state index contributed by atoms with van der Waals surface area (Å²) in [4.78, 5) is 4.25. The zero-order chi connectivity index (χ0) is 16.2. The van der Waals surface area contributed by atoms with Crippen molar-refractivity contribution in [1.29, 1.82) is 0 Å². The molecule has 24 heavy (non-hydrogen) atoms. The van der Waals surface area contributed by atoms with E-state index < -0.39 is 6.43 Å². The Morgan fingerprint density at radius 2 is 1.79 bits per heavy atom. The number of halogens is 3. The maximum Gasteiger partial charge on any atom is 0.263 e. The molecule has 0 bridgehead atoms. The molecule has 6 heteroatoms. The van der Waals surface area contributed by atoms with E-state index in [9.17, 15) is 8.78 Å². The summed E-state index contributed by atoms with van der Waals surface area (Å²) in [6.07, 6.45) is 1.02. The molecule has 0 aliphatic heterocycles. The van der Waals surface area contributed by atoms with Crippen LogP contribution >= 0.6 is 24.0 Å². The molecule has 0 spiro atoms. The number of alkyl halides is 2. The molecule has 3 rings (SSSR count). The molecule has 0 aromatic heterocycles. The van der Waals surface area contributed by atoms with Crippen molar-refractivity contribution in [3.8, 4) is 0 Å². The molecule has 0 radical (unpaired) electrons. The number of hydrogen-bond donors (Lipinski definition) is 2. The van der Waals surface area contributed by atoms with Crippen molar-refractivity contribution in [1.82, 2.24) is 0 Å². The molecule has 128 valence electrons. The fourth-order valence-corrected chi connectivity index (χ4v) is 2.78. The van der Waals surface area contributed by atoms with E-state index in [0.717, 1.165) is 24.1 Å². The number of nitrogens with zero attached hydrogens (tertiary/aromatic N) is 1. The van der Waals surface area contributed by atoms with Crippen molar-refractivity contribution in [3.05, 3.63) is 64.7 Å². The number of aryl methyl sites for hydroxylation is 2. The maximum absolute atomic E-state index is 12.5. The minimum atomic E-state index is -2.45. The molecule has 0 saturated heterocycles. The zero-order valence-electron chi connectivity index (χ0n) is 13.1. The Bertz CT molecular complexity index is 715. The van der Waals surface area contributed by atoms with Crippen molar-refractivity contribution in [3.63, 3.8) is 0 Å². The van der Waals surface area contributed by atoms with Gasteiger partial charge in [0, 0.05) is 11.3 Å². The van der Waals surface area contributed by atoms with Crippen molar-refractivity contribution in [2.24, 2.45) is 10.7 Å². The van der Waals surface area contributed by atoms with Crippen LogP contribution in [0, 0.1) is 0 Å². The van der Waals surface area contributed by atoms with Gasteiger partial charge in [0.25, 0.3) is 6.43 Å². The zero-order valence-corrected chi connectivity index (χ0v) is 15.5. The molecule has 3 nitrogen and oxygen atoms in total. The van der Waals surface area contributed by atoms with Gasteiger partial charge in [-0.05, 0) is 48.1 Å². The molecule has 2 aromatic rings. The highest BCUT2D eigenvalue weighted by Gasteiger charge is 2.11. The predicted octanol–water partition coefficient (Wildman–Crippen LogP) is 4.66. The minimum absolute atomic E-state index is 0. The Hall–Kier alpha value is -1.70. The number of benzene rings is 2. The lowest BCUT2D eigenvalue weighted by Crippen LogP contribution is -2.22. The molecule has 2 aromatic carbocycles. The Morgan fingerprint density at radius 1 is 1.08 bits per heavy atom. The number of aliphatic imine (C=N–C) groups is 1.